The lowest BCUT2D eigenvalue weighted by atomic mass is 10.1. The zero-order chi connectivity index (χ0) is 48.2. The Hall–Kier alpha value is -4.15. The molecule has 0 saturated carbocycles. The van der Waals surface area contributed by atoms with Gasteiger partial charge in [0.1, 0.15) is 28.4 Å². The number of aliphatic imine (C=N–C) groups is 1. The Bertz CT molecular complexity index is 1700. The van der Waals surface area contributed by atoms with Crippen LogP contribution in [-0.4, -0.2) is 214 Å². The fourth-order valence-corrected chi connectivity index (χ4v) is 6.45. The highest BCUT2D eigenvalue weighted by Gasteiger charge is 2.25. The van der Waals surface area contributed by atoms with Crippen LogP contribution < -0.4 is 15.8 Å². The van der Waals surface area contributed by atoms with E-state index in [4.69, 9.17) is 57.9 Å². The van der Waals surface area contributed by atoms with Gasteiger partial charge in [-0.25, -0.2) is 24.0 Å². The fourth-order valence-electron chi connectivity index (χ4n) is 5.67. The standard InChI is InChI=1S/C43H69N7O16S/c1-3-9-50(66-4-2)43(54)35-30-36-33-46-40(32-37(36)48-38(44)31-35)67(55)47-8-11-57-13-15-59-17-19-61-21-23-63-25-27-65-29-28-64-26-24-62-22-20-60-18-16-58-14-12-56-10-7-45-39(51)34-49-41(52)5-6-42(49)53/h5-6,30,32-33,47H,3-4,7-29,31,34H2,1-2H3,(H2,44,48)(H,45,51). The normalized spacial score (nSPS) is 14.0. The molecule has 378 valence electrons. The van der Waals surface area contributed by atoms with Gasteiger partial charge in [-0.2, -0.15) is 0 Å². The van der Waals surface area contributed by atoms with Crippen LogP contribution >= 0.6 is 0 Å². The molecule has 3 heterocycles. The van der Waals surface area contributed by atoms with Crippen molar-refractivity contribution in [1.82, 2.24) is 25.0 Å². The maximum Gasteiger partial charge on any atom is 0.273 e. The molecule has 0 radical (unpaired) electrons. The maximum absolute atomic E-state index is 13.1. The van der Waals surface area contributed by atoms with E-state index in [1.165, 1.54) is 11.3 Å². The number of amidine groups is 1. The number of hydrogen-bond donors (Lipinski definition) is 3. The molecule has 0 saturated heterocycles. The van der Waals surface area contributed by atoms with Gasteiger partial charge in [0.05, 0.1) is 144 Å². The van der Waals surface area contributed by atoms with E-state index >= 15 is 0 Å². The second-order valence-electron chi connectivity index (χ2n) is 14.1. The van der Waals surface area contributed by atoms with Crippen molar-refractivity contribution in [3.05, 3.63) is 35.6 Å². The van der Waals surface area contributed by atoms with Crippen molar-refractivity contribution in [2.75, 3.05) is 165 Å². The van der Waals surface area contributed by atoms with E-state index in [1.54, 1.807) is 12.1 Å². The van der Waals surface area contributed by atoms with Crippen LogP contribution in [0.4, 0.5) is 5.69 Å². The zero-order valence-corrected chi connectivity index (χ0v) is 39.6. The number of nitrogens with two attached hydrogens (primary N) is 1. The van der Waals surface area contributed by atoms with Gasteiger partial charge < -0.3 is 58.4 Å². The topological polar surface area (TPSA) is 269 Å². The van der Waals surface area contributed by atoms with E-state index in [2.05, 4.69) is 20.0 Å². The number of nitrogens with zero attached hydrogens (tertiary/aromatic N) is 4. The van der Waals surface area contributed by atoms with Gasteiger partial charge in [0.25, 0.3) is 17.7 Å². The molecule has 0 aromatic carbocycles. The van der Waals surface area contributed by atoms with E-state index in [-0.39, 0.29) is 42.9 Å². The van der Waals surface area contributed by atoms with Crippen LogP contribution in [0.15, 0.2) is 40.0 Å². The van der Waals surface area contributed by atoms with Gasteiger partial charge in [-0.1, -0.05) is 6.92 Å². The fraction of sp³-hybridized carbons (Fsp3) is 0.674. The van der Waals surface area contributed by atoms with Crippen LogP contribution in [0.1, 0.15) is 32.3 Å². The molecule has 67 heavy (non-hydrogen) atoms. The zero-order valence-electron chi connectivity index (χ0n) is 38.8. The van der Waals surface area contributed by atoms with Crippen LogP contribution in [0.3, 0.4) is 0 Å². The van der Waals surface area contributed by atoms with E-state index in [0.29, 0.717) is 162 Å². The third kappa shape index (κ3) is 25.7. The highest BCUT2D eigenvalue weighted by Crippen LogP contribution is 2.28. The summed E-state index contributed by atoms with van der Waals surface area (Å²) < 4.78 is 70.5. The van der Waals surface area contributed by atoms with E-state index < -0.39 is 28.7 Å². The summed E-state index contributed by atoms with van der Waals surface area (Å²) in [4.78, 5) is 62.9. The van der Waals surface area contributed by atoms with Crippen molar-refractivity contribution >= 4 is 52.2 Å². The number of pyridine rings is 1. The number of hydroxylamine groups is 2. The number of rotatable bonds is 42. The molecule has 2 aliphatic heterocycles. The molecule has 3 rings (SSSR count). The molecule has 24 heteroatoms. The van der Waals surface area contributed by atoms with E-state index in [1.807, 2.05) is 13.8 Å². The third-order valence-corrected chi connectivity index (χ3v) is 9.92. The average Bonchev–Trinajstić information content (AvgIpc) is 3.52. The molecule has 1 atom stereocenters. The summed E-state index contributed by atoms with van der Waals surface area (Å²) in [7, 11) is -1.61. The van der Waals surface area contributed by atoms with Crippen LogP contribution in [0.25, 0.3) is 6.08 Å². The Morgan fingerprint density at radius 3 is 1.60 bits per heavy atom. The van der Waals surface area contributed by atoms with Crippen LogP contribution in [0.5, 0.6) is 0 Å². The quantitative estimate of drug-likeness (QED) is 0.0437. The molecular formula is C43H69N7O16S. The first kappa shape index (κ1) is 57.2. The number of aromatic nitrogens is 1. The number of imide groups is 1. The predicted octanol–water partition coefficient (Wildman–Crippen LogP) is -0.133. The summed E-state index contributed by atoms with van der Waals surface area (Å²) in [6.45, 7) is 13.0. The Morgan fingerprint density at radius 1 is 0.701 bits per heavy atom. The lowest BCUT2D eigenvalue weighted by molar-refractivity contribution is -0.180. The van der Waals surface area contributed by atoms with Crippen LogP contribution in [0.2, 0.25) is 0 Å². The largest absolute Gasteiger partial charge is 0.387 e. The first-order valence-electron chi connectivity index (χ1n) is 22.4. The Morgan fingerprint density at radius 2 is 1.15 bits per heavy atom. The van der Waals surface area contributed by atoms with Crippen LogP contribution in [0, 0.1) is 0 Å². The van der Waals surface area contributed by atoms with Gasteiger partial charge >= 0.3 is 0 Å². The van der Waals surface area contributed by atoms with Crippen LogP contribution in [-0.2, 0) is 82.4 Å². The first-order chi connectivity index (χ1) is 32.7. The van der Waals surface area contributed by atoms with Crippen molar-refractivity contribution in [3.8, 4) is 0 Å². The Balaban J connectivity index is 0.998. The second-order valence-corrected chi connectivity index (χ2v) is 15.3. The number of carbonyl (C=O) groups is 4. The van der Waals surface area contributed by atoms with Crippen molar-refractivity contribution in [3.63, 3.8) is 0 Å². The van der Waals surface area contributed by atoms with E-state index in [9.17, 15) is 23.4 Å². The molecule has 0 aliphatic carbocycles. The number of carbonyl (C=O) groups excluding carboxylic acids is 4. The molecule has 0 fully saturated rings. The highest BCUT2D eigenvalue weighted by molar-refractivity contribution is 7.83. The molecule has 2 aliphatic rings. The summed E-state index contributed by atoms with van der Waals surface area (Å²) in [5, 5.41) is 4.20. The molecule has 0 bridgehead atoms. The summed E-state index contributed by atoms with van der Waals surface area (Å²) in [5.74, 6) is -1.45. The Labute approximate surface area is 394 Å². The molecule has 23 nitrogen and oxygen atoms in total. The molecular weight excluding hydrogens is 903 g/mol. The molecule has 1 aromatic rings. The summed E-state index contributed by atoms with van der Waals surface area (Å²) >= 11 is 0. The van der Waals surface area contributed by atoms with Crippen molar-refractivity contribution < 1.29 is 75.6 Å². The number of hydrogen-bond acceptors (Lipinski definition) is 19. The maximum atomic E-state index is 13.1. The average molecular weight is 972 g/mol. The minimum atomic E-state index is -1.61. The number of ether oxygens (including phenoxy) is 10. The smallest absolute Gasteiger partial charge is 0.273 e. The van der Waals surface area contributed by atoms with Gasteiger partial charge in [-0.3, -0.25) is 28.9 Å². The SMILES string of the molecule is CCCN(OCC)C(=O)C1=Cc2cnc(S(=O)NCCOCCOCCOCCOCCOCCOCCOCCOCCOCCOCCNC(=O)CN3C(=O)C=CC3=O)cc2N=C(N)C1. The highest BCUT2D eigenvalue weighted by atomic mass is 32.2. The number of nitrogens with one attached hydrogen (secondary N) is 2. The summed E-state index contributed by atoms with van der Waals surface area (Å²) in [6, 6.07) is 1.59. The molecule has 4 amide bonds. The minimum Gasteiger partial charge on any atom is -0.387 e. The first-order valence-corrected chi connectivity index (χ1v) is 23.6. The summed E-state index contributed by atoms with van der Waals surface area (Å²) in [6.07, 6.45) is 6.39. The lowest BCUT2D eigenvalue weighted by Crippen LogP contribution is -2.41. The summed E-state index contributed by atoms with van der Waals surface area (Å²) in [5.41, 5.74) is 7.64. The predicted molar refractivity (Wildman–Crippen MR) is 243 cm³/mol. The molecule has 0 spiro atoms. The molecule has 1 unspecified atom stereocenters. The van der Waals surface area contributed by atoms with Gasteiger partial charge in [0, 0.05) is 61.6 Å². The molecule has 1 aromatic heterocycles. The van der Waals surface area contributed by atoms with Crippen molar-refractivity contribution in [2.24, 2.45) is 10.7 Å². The molecule has 4 N–H and O–H groups in total. The monoisotopic (exact) mass is 971 g/mol. The Kier molecular flexibility index (Phi) is 31.4. The van der Waals surface area contributed by atoms with Gasteiger partial charge in [0.15, 0.2) is 0 Å². The number of fused-ring (bicyclic) bond motifs is 1. The van der Waals surface area contributed by atoms with Gasteiger partial charge in [-0.05, 0) is 19.4 Å². The van der Waals surface area contributed by atoms with E-state index in [0.717, 1.165) is 23.5 Å². The second kappa shape index (κ2) is 36.8. The van der Waals surface area contributed by atoms with Crippen molar-refractivity contribution in [1.29, 1.82) is 0 Å². The van der Waals surface area contributed by atoms with Gasteiger partial charge in [-0.15, -0.1) is 0 Å². The van der Waals surface area contributed by atoms with Crippen molar-refractivity contribution in [2.45, 2.75) is 31.7 Å². The lowest BCUT2D eigenvalue weighted by Gasteiger charge is -2.21. The minimum absolute atomic E-state index is 0.157. The third-order valence-electron chi connectivity index (χ3n) is 8.85. The van der Waals surface area contributed by atoms with Gasteiger partial charge in [0.2, 0.25) is 5.91 Å². The number of amides is 4.